The van der Waals surface area contributed by atoms with Crippen molar-refractivity contribution in [1.29, 1.82) is 0 Å². The minimum atomic E-state index is -3.84. The van der Waals surface area contributed by atoms with Crippen LogP contribution in [0.2, 0.25) is 0 Å². The van der Waals surface area contributed by atoms with Crippen LogP contribution >= 0.6 is 0 Å². The third-order valence-electron chi connectivity index (χ3n) is 5.81. The minimum absolute atomic E-state index is 0.00657. The Morgan fingerprint density at radius 2 is 1.97 bits per heavy atom. The summed E-state index contributed by atoms with van der Waals surface area (Å²) in [7, 11) is -0.924. The number of hydrogen-bond acceptors (Lipinski definition) is 5. The van der Waals surface area contributed by atoms with Crippen LogP contribution < -0.4 is 10.1 Å². The number of aromatic nitrogens is 1. The molecular weight excluding hydrogens is 444 g/mol. The second-order valence-corrected chi connectivity index (χ2v) is 9.59. The molecule has 1 aromatic carbocycles. The molecule has 0 saturated carbocycles. The topological polar surface area (TPSA) is 101 Å². The zero-order valence-electron chi connectivity index (χ0n) is 18.1. The van der Waals surface area contributed by atoms with Gasteiger partial charge in [-0.3, -0.25) is 4.79 Å². The second kappa shape index (κ2) is 9.55. The first-order chi connectivity index (χ1) is 15.1. The van der Waals surface area contributed by atoms with Crippen LogP contribution in [0.15, 0.2) is 29.2 Å². The van der Waals surface area contributed by atoms with Gasteiger partial charge in [0, 0.05) is 43.5 Å². The molecule has 32 heavy (non-hydrogen) atoms. The number of ether oxygens (including phenoxy) is 1. The zero-order chi connectivity index (χ0) is 23.6. The van der Waals surface area contributed by atoms with Crippen LogP contribution in [-0.4, -0.2) is 54.6 Å². The molecule has 1 aliphatic heterocycles. The van der Waals surface area contributed by atoms with Crippen molar-refractivity contribution in [3.63, 3.8) is 0 Å². The maximum Gasteiger partial charge on any atom is 0.268 e. The lowest BCUT2D eigenvalue weighted by Gasteiger charge is -2.28. The van der Waals surface area contributed by atoms with Gasteiger partial charge in [-0.05, 0) is 31.9 Å². The van der Waals surface area contributed by atoms with E-state index < -0.39 is 28.5 Å². The predicted octanol–water partition coefficient (Wildman–Crippen LogP) is 2.36. The fourth-order valence-electron chi connectivity index (χ4n) is 3.80. The van der Waals surface area contributed by atoms with Gasteiger partial charge < -0.3 is 19.7 Å². The van der Waals surface area contributed by atoms with E-state index in [0.29, 0.717) is 18.5 Å². The highest BCUT2D eigenvalue weighted by Gasteiger charge is 2.32. The first kappa shape index (κ1) is 24.1. The average Bonchev–Trinajstić information content (AvgIpc) is 3.07. The molecule has 0 atom stereocenters. The minimum Gasteiger partial charge on any atom is -0.496 e. The smallest absolute Gasteiger partial charge is 0.268 e. The van der Waals surface area contributed by atoms with Crippen molar-refractivity contribution in [1.82, 2.24) is 14.2 Å². The van der Waals surface area contributed by atoms with Crippen molar-refractivity contribution in [2.75, 3.05) is 20.2 Å². The van der Waals surface area contributed by atoms with Crippen molar-refractivity contribution in [3.05, 3.63) is 46.8 Å². The summed E-state index contributed by atoms with van der Waals surface area (Å²) < 4.78 is 60.8. The third kappa shape index (κ3) is 4.64. The Morgan fingerprint density at radius 1 is 1.31 bits per heavy atom. The third-order valence-corrected chi connectivity index (χ3v) is 7.83. The molecule has 0 unspecified atom stereocenters. The molecule has 2 N–H and O–H groups in total. The molecule has 1 amide bonds. The first-order valence-corrected chi connectivity index (χ1v) is 11.6. The molecule has 2 heterocycles. The first-order valence-electron chi connectivity index (χ1n) is 10.1. The maximum absolute atomic E-state index is 13.4. The highest BCUT2D eigenvalue weighted by Crippen LogP contribution is 2.30. The molecule has 11 heteroatoms. The number of rotatable bonds is 7. The van der Waals surface area contributed by atoms with Crippen molar-refractivity contribution in [3.8, 4) is 5.75 Å². The number of halogens is 2. The van der Waals surface area contributed by atoms with E-state index in [1.54, 1.807) is 14.0 Å². The molecule has 3 rings (SSSR count). The van der Waals surface area contributed by atoms with E-state index in [0.717, 1.165) is 0 Å². The van der Waals surface area contributed by atoms with Crippen LogP contribution in [0.1, 0.15) is 46.6 Å². The molecule has 8 nitrogen and oxygen atoms in total. The van der Waals surface area contributed by atoms with Crippen molar-refractivity contribution in [2.24, 2.45) is 7.05 Å². The van der Waals surface area contributed by atoms with Gasteiger partial charge in [-0.1, -0.05) is 12.1 Å². The molecule has 1 aliphatic rings. The van der Waals surface area contributed by atoms with Crippen LogP contribution in [0.3, 0.4) is 0 Å². The van der Waals surface area contributed by atoms with E-state index in [2.05, 4.69) is 5.32 Å². The van der Waals surface area contributed by atoms with Crippen LogP contribution in [0.4, 0.5) is 8.78 Å². The molecule has 176 valence electrons. The Balaban J connectivity index is 1.84. The zero-order valence-corrected chi connectivity index (χ0v) is 19.0. The number of amides is 1. The van der Waals surface area contributed by atoms with E-state index >= 15 is 0 Å². The Bertz CT molecular complexity index is 1090. The van der Waals surface area contributed by atoms with Gasteiger partial charge in [-0.15, -0.1) is 0 Å². The van der Waals surface area contributed by atoms with Gasteiger partial charge in [0.2, 0.25) is 10.0 Å². The summed E-state index contributed by atoms with van der Waals surface area (Å²) >= 11 is 0. The van der Waals surface area contributed by atoms with Gasteiger partial charge in [-0.25, -0.2) is 17.2 Å². The number of alkyl halides is 2. The molecule has 0 spiro atoms. The number of aliphatic hydroxyl groups excluding tert-OH is 1. The number of hydrogen-bond donors (Lipinski definition) is 2. The summed E-state index contributed by atoms with van der Waals surface area (Å²) in [4.78, 5) is 12.8. The number of carbonyl (C=O) groups excluding carboxylic acids is 1. The number of piperidine rings is 1. The monoisotopic (exact) mass is 471 g/mol. The lowest BCUT2D eigenvalue weighted by atomic mass is 10.1. The van der Waals surface area contributed by atoms with E-state index in [4.69, 9.17) is 4.74 Å². The van der Waals surface area contributed by atoms with Crippen molar-refractivity contribution in [2.45, 2.75) is 43.7 Å². The number of sulfonamides is 1. The lowest BCUT2D eigenvalue weighted by Crippen LogP contribution is -2.40. The predicted molar refractivity (Wildman–Crippen MR) is 113 cm³/mol. The summed E-state index contributed by atoms with van der Waals surface area (Å²) in [5.74, 6) is -0.376. The summed E-state index contributed by atoms with van der Waals surface area (Å²) in [5, 5.41) is 12.2. The van der Waals surface area contributed by atoms with E-state index in [-0.39, 0.29) is 47.1 Å². The maximum atomic E-state index is 13.4. The number of methoxy groups -OCH3 is 1. The fourth-order valence-corrected chi connectivity index (χ4v) is 5.54. The molecule has 2 aromatic rings. The molecule has 0 bridgehead atoms. The lowest BCUT2D eigenvalue weighted by molar-refractivity contribution is 0.0940. The highest BCUT2D eigenvalue weighted by molar-refractivity contribution is 7.89. The summed E-state index contributed by atoms with van der Waals surface area (Å²) in [5.41, 5.74) is 0.380. The summed E-state index contributed by atoms with van der Waals surface area (Å²) in [6.45, 7) is 1.78. The number of carbonyl (C=O) groups is 1. The number of benzene rings is 1. The number of nitrogens with zero attached hydrogens (tertiary/aromatic N) is 2. The molecule has 1 saturated heterocycles. The molecule has 0 radical (unpaired) electrons. The Morgan fingerprint density at radius 3 is 2.56 bits per heavy atom. The number of aliphatic hydroxyl groups is 1. The molecule has 1 fully saturated rings. The van der Waals surface area contributed by atoms with Crippen LogP contribution in [-0.2, 0) is 23.6 Å². The Kier molecular flexibility index (Phi) is 7.21. The molecular formula is C21H27F2N3O5S. The van der Waals surface area contributed by atoms with Crippen molar-refractivity contribution >= 4 is 15.9 Å². The van der Waals surface area contributed by atoms with E-state index in [1.165, 1.54) is 40.2 Å². The normalized spacial score (nSPS) is 15.8. The van der Waals surface area contributed by atoms with Crippen LogP contribution in [0, 0.1) is 6.92 Å². The van der Waals surface area contributed by atoms with Crippen LogP contribution in [0.25, 0.3) is 0 Å². The average molecular weight is 472 g/mol. The van der Waals surface area contributed by atoms with Gasteiger partial charge >= 0.3 is 0 Å². The van der Waals surface area contributed by atoms with Gasteiger partial charge in [0.1, 0.15) is 16.3 Å². The van der Waals surface area contributed by atoms with Gasteiger partial charge in [-0.2, -0.15) is 4.31 Å². The molecule has 0 aliphatic carbocycles. The fraction of sp³-hybridized carbons (Fsp3) is 0.476. The highest BCUT2D eigenvalue weighted by atomic mass is 32.2. The van der Waals surface area contributed by atoms with Crippen molar-refractivity contribution < 1.29 is 31.8 Å². The van der Waals surface area contributed by atoms with Gasteiger partial charge in [0.15, 0.2) is 0 Å². The standard InChI is InChI=1S/C21H27F2N3O5S/c1-13-19(32(29,30)26-9-7-14(27)8-10-26)11-17(25(13)2)21(28)24-12-16-15(20(22)23)5-4-6-18(16)31-3/h4-6,11,14,20,27H,7-10,12H2,1-3H3,(H,24,28). The quantitative estimate of drug-likeness (QED) is 0.646. The summed E-state index contributed by atoms with van der Waals surface area (Å²) in [6, 6.07) is 5.53. The van der Waals surface area contributed by atoms with E-state index in [9.17, 15) is 27.1 Å². The van der Waals surface area contributed by atoms with E-state index in [1.807, 2.05) is 0 Å². The molecule has 1 aromatic heterocycles. The largest absolute Gasteiger partial charge is 0.496 e. The van der Waals surface area contributed by atoms with Gasteiger partial charge in [0.05, 0.1) is 13.2 Å². The Labute approximate surface area is 185 Å². The SMILES string of the molecule is COc1cccc(C(F)F)c1CNC(=O)c1cc(S(=O)(=O)N2CCC(O)CC2)c(C)n1C. The second-order valence-electron chi connectivity index (χ2n) is 7.68. The summed E-state index contributed by atoms with van der Waals surface area (Å²) in [6.07, 6.45) is -2.56. The van der Waals surface area contributed by atoms with Gasteiger partial charge in [0.25, 0.3) is 12.3 Å². The Hall–Kier alpha value is -2.50. The number of nitrogens with one attached hydrogen (secondary N) is 1. The van der Waals surface area contributed by atoms with Crippen LogP contribution in [0.5, 0.6) is 5.75 Å².